The van der Waals surface area contributed by atoms with Gasteiger partial charge < -0.3 is 15.3 Å². The van der Waals surface area contributed by atoms with Gasteiger partial charge in [0.15, 0.2) is 5.60 Å². The summed E-state index contributed by atoms with van der Waals surface area (Å²) >= 11 is 1.18. The van der Waals surface area contributed by atoms with Crippen LogP contribution in [0, 0.1) is 5.92 Å². The van der Waals surface area contributed by atoms with Crippen LogP contribution >= 0.6 is 11.3 Å². The Morgan fingerprint density at radius 1 is 1.18 bits per heavy atom. The molecule has 6 nitrogen and oxygen atoms in total. The van der Waals surface area contributed by atoms with Gasteiger partial charge in [0.1, 0.15) is 4.21 Å². The molecule has 1 unspecified atom stereocenters. The molecule has 2 aromatic rings. The zero-order chi connectivity index (χ0) is 24.4. The topological polar surface area (TPSA) is 72.9 Å². The van der Waals surface area contributed by atoms with Crippen molar-refractivity contribution in [3.05, 3.63) is 47.3 Å². The van der Waals surface area contributed by atoms with Crippen LogP contribution in [0.2, 0.25) is 0 Å². The highest BCUT2D eigenvalue weighted by Gasteiger charge is 2.51. The van der Waals surface area contributed by atoms with E-state index in [9.17, 15) is 26.7 Å². The van der Waals surface area contributed by atoms with Crippen LogP contribution in [0.5, 0.6) is 0 Å². The van der Waals surface area contributed by atoms with Crippen LogP contribution in [0.1, 0.15) is 26.3 Å². The second-order valence-electron chi connectivity index (χ2n) is 8.81. The summed E-state index contributed by atoms with van der Waals surface area (Å²) in [4.78, 5) is 2.01. The first kappa shape index (κ1) is 26.0. The van der Waals surface area contributed by atoms with Gasteiger partial charge in [0, 0.05) is 31.9 Å². The highest BCUT2D eigenvalue weighted by atomic mass is 32.2. The van der Waals surface area contributed by atoms with Gasteiger partial charge in [-0.3, -0.25) is 0 Å². The minimum atomic E-state index is -4.79. The standard InChI is InChI=1S/C22H30F3N3O3S2/c1-16(2)13-26-14-19-15-27(33(30,31)20-5-4-12-32-20)10-11-28(19)18-8-6-17(7-9-18)21(3,29)22(23,24)25/h4-9,12,16,19,26,29H,10-11,13-15H2,1-3H3/t19-,21?/m0/s1. The molecule has 3 rings (SSSR count). The predicted octanol–water partition coefficient (Wildman–Crippen LogP) is 3.64. The SMILES string of the molecule is CC(C)CNC[C@H]1CN(S(=O)(=O)c2cccs2)CCN1c1ccc(C(C)(O)C(F)(F)F)cc1. The summed E-state index contributed by atoms with van der Waals surface area (Å²) < 4.78 is 67.4. The number of alkyl halides is 3. The molecule has 0 radical (unpaired) electrons. The summed E-state index contributed by atoms with van der Waals surface area (Å²) in [6.07, 6.45) is -4.79. The fourth-order valence-corrected chi connectivity index (χ4v) is 6.39. The molecule has 0 amide bonds. The molecule has 0 bridgehead atoms. The van der Waals surface area contributed by atoms with E-state index in [1.54, 1.807) is 29.6 Å². The Bertz CT molecular complexity index is 1010. The molecule has 184 valence electrons. The Morgan fingerprint density at radius 3 is 2.39 bits per heavy atom. The van der Waals surface area contributed by atoms with Crippen LogP contribution in [-0.2, 0) is 15.6 Å². The number of nitrogens with zero attached hydrogens (tertiary/aromatic N) is 2. The van der Waals surface area contributed by atoms with Gasteiger partial charge in [-0.1, -0.05) is 32.0 Å². The van der Waals surface area contributed by atoms with Crippen molar-refractivity contribution < 1.29 is 26.7 Å². The normalized spacial score (nSPS) is 20.2. The number of sulfonamides is 1. The second kappa shape index (κ2) is 9.91. The number of piperazine rings is 1. The molecule has 11 heteroatoms. The number of aliphatic hydroxyl groups is 1. The van der Waals surface area contributed by atoms with Crippen molar-refractivity contribution in [2.24, 2.45) is 5.92 Å². The summed E-state index contributed by atoms with van der Waals surface area (Å²) in [5.74, 6) is 0.414. The van der Waals surface area contributed by atoms with Crippen LogP contribution in [-0.4, -0.2) is 62.8 Å². The highest BCUT2D eigenvalue weighted by molar-refractivity contribution is 7.91. The Balaban J connectivity index is 1.83. The van der Waals surface area contributed by atoms with E-state index in [-0.39, 0.29) is 24.7 Å². The van der Waals surface area contributed by atoms with E-state index >= 15 is 0 Å². The summed E-state index contributed by atoms with van der Waals surface area (Å²) in [6, 6.07) is 8.73. The van der Waals surface area contributed by atoms with Gasteiger partial charge in [-0.05, 0) is 48.5 Å². The van der Waals surface area contributed by atoms with Gasteiger partial charge >= 0.3 is 6.18 Å². The molecule has 2 heterocycles. The predicted molar refractivity (Wildman–Crippen MR) is 124 cm³/mol. The average Bonchev–Trinajstić information content (AvgIpc) is 3.28. The van der Waals surface area contributed by atoms with Crippen molar-refractivity contribution in [3.8, 4) is 0 Å². The van der Waals surface area contributed by atoms with Crippen molar-refractivity contribution in [1.82, 2.24) is 9.62 Å². The molecule has 0 saturated carbocycles. The third-order valence-corrected chi connectivity index (χ3v) is 9.02. The van der Waals surface area contributed by atoms with E-state index in [1.165, 1.54) is 27.8 Å². The van der Waals surface area contributed by atoms with Crippen molar-refractivity contribution in [2.45, 2.75) is 42.8 Å². The first-order chi connectivity index (χ1) is 15.3. The monoisotopic (exact) mass is 505 g/mol. The van der Waals surface area contributed by atoms with Crippen LogP contribution < -0.4 is 10.2 Å². The summed E-state index contributed by atoms with van der Waals surface area (Å²) in [5.41, 5.74) is -2.51. The summed E-state index contributed by atoms with van der Waals surface area (Å²) in [6.45, 7) is 7.08. The van der Waals surface area contributed by atoms with Crippen LogP contribution in [0.3, 0.4) is 0 Å². The maximum atomic E-state index is 13.2. The molecular formula is C22H30F3N3O3S2. The number of hydrogen-bond donors (Lipinski definition) is 2. The smallest absolute Gasteiger partial charge is 0.376 e. The van der Waals surface area contributed by atoms with Gasteiger partial charge in [0.25, 0.3) is 10.0 Å². The molecule has 1 aromatic heterocycles. The third-order valence-electron chi connectivity index (χ3n) is 5.78. The Morgan fingerprint density at radius 2 is 1.85 bits per heavy atom. The van der Waals surface area contributed by atoms with Crippen molar-refractivity contribution >= 4 is 27.0 Å². The first-order valence-electron chi connectivity index (χ1n) is 10.7. The number of benzene rings is 1. The zero-order valence-corrected chi connectivity index (χ0v) is 20.5. The maximum absolute atomic E-state index is 13.2. The molecule has 1 aliphatic rings. The van der Waals surface area contributed by atoms with Crippen molar-refractivity contribution in [2.75, 3.05) is 37.6 Å². The molecule has 0 spiro atoms. The lowest BCUT2D eigenvalue weighted by molar-refractivity contribution is -0.258. The lowest BCUT2D eigenvalue weighted by Crippen LogP contribution is -2.58. The number of nitrogens with one attached hydrogen (secondary N) is 1. The van der Waals surface area contributed by atoms with Gasteiger partial charge in [-0.15, -0.1) is 11.3 Å². The largest absolute Gasteiger partial charge is 0.421 e. The van der Waals surface area contributed by atoms with E-state index in [4.69, 9.17) is 0 Å². The van der Waals surface area contributed by atoms with Gasteiger partial charge in [0.2, 0.25) is 0 Å². The fraction of sp³-hybridized carbons (Fsp3) is 0.545. The van der Waals surface area contributed by atoms with Gasteiger partial charge in [-0.2, -0.15) is 17.5 Å². The van der Waals surface area contributed by atoms with Crippen LogP contribution in [0.15, 0.2) is 46.0 Å². The molecule has 1 fully saturated rings. The van der Waals surface area contributed by atoms with Crippen molar-refractivity contribution in [3.63, 3.8) is 0 Å². The lowest BCUT2D eigenvalue weighted by atomic mass is 9.95. The molecule has 1 saturated heterocycles. The molecule has 2 N–H and O–H groups in total. The molecule has 2 atom stereocenters. The second-order valence-corrected chi connectivity index (χ2v) is 11.9. The van der Waals surface area contributed by atoms with E-state index < -0.39 is 21.8 Å². The number of hydrogen-bond acceptors (Lipinski definition) is 6. The third kappa shape index (κ3) is 5.71. The molecule has 33 heavy (non-hydrogen) atoms. The quantitative estimate of drug-likeness (QED) is 0.573. The summed E-state index contributed by atoms with van der Waals surface area (Å²) in [5, 5.41) is 15.0. The first-order valence-corrected chi connectivity index (χ1v) is 13.1. The molecule has 1 aliphatic heterocycles. The molecule has 0 aliphatic carbocycles. The molecular weight excluding hydrogens is 475 g/mol. The number of anilines is 1. The van der Waals surface area contributed by atoms with Crippen molar-refractivity contribution in [1.29, 1.82) is 0 Å². The Labute approximate surface area is 197 Å². The number of thiophene rings is 1. The summed E-state index contributed by atoms with van der Waals surface area (Å²) in [7, 11) is -3.60. The van der Waals surface area contributed by atoms with E-state index in [2.05, 4.69) is 19.2 Å². The Kier molecular flexibility index (Phi) is 7.79. The number of halogens is 3. The van der Waals surface area contributed by atoms with Gasteiger partial charge in [-0.25, -0.2) is 8.42 Å². The van der Waals surface area contributed by atoms with E-state index in [1.807, 2.05) is 4.90 Å². The lowest BCUT2D eigenvalue weighted by Gasteiger charge is -2.42. The zero-order valence-electron chi connectivity index (χ0n) is 18.8. The Hall–Kier alpha value is -1.66. The maximum Gasteiger partial charge on any atom is 0.421 e. The highest BCUT2D eigenvalue weighted by Crippen LogP contribution is 2.39. The molecule has 1 aromatic carbocycles. The average molecular weight is 506 g/mol. The van der Waals surface area contributed by atoms with E-state index in [0.717, 1.165) is 13.5 Å². The van der Waals surface area contributed by atoms with Crippen LogP contribution in [0.25, 0.3) is 0 Å². The van der Waals surface area contributed by atoms with Gasteiger partial charge in [0.05, 0.1) is 6.04 Å². The van der Waals surface area contributed by atoms with E-state index in [0.29, 0.717) is 28.9 Å². The van der Waals surface area contributed by atoms with Crippen LogP contribution in [0.4, 0.5) is 18.9 Å². The number of rotatable bonds is 8. The minimum absolute atomic E-state index is 0.207. The minimum Gasteiger partial charge on any atom is -0.376 e. The fourth-order valence-electron chi connectivity index (χ4n) is 3.78.